The van der Waals surface area contributed by atoms with E-state index >= 15 is 0 Å². The van der Waals surface area contributed by atoms with Gasteiger partial charge < -0.3 is 15.0 Å². The van der Waals surface area contributed by atoms with Gasteiger partial charge >= 0.3 is 0 Å². The number of anilines is 2. The molecule has 2 saturated heterocycles. The molecule has 8 nitrogen and oxygen atoms in total. The average molecular weight is 530 g/mol. The first-order valence-corrected chi connectivity index (χ1v) is 13.6. The van der Waals surface area contributed by atoms with E-state index in [-0.39, 0.29) is 18.5 Å². The van der Waals surface area contributed by atoms with Crippen LogP contribution in [0.3, 0.4) is 0 Å². The Hall–Kier alpha value is -2.92. The molecule has 6 rings (SSSR count). The molecule has 3 aromatic rings. The lowest BCUT2D eigenvalue weighted by molar-refractivity contribution is 0.00532. The van der Waals surface area contributed by atoms with Crippen LogP contribution in [0.2, 0.25) is 0 Å². The maximum Gasteiger partial charge on any atom is 0.296 e. The molecule has 1 aromatic carbocycles. The van der Waals surface area contributed by atoms with Crippen molar-refractivity contribution in [3.63, 3.8) is 0 Å². The summed E-state index contributed by atoms with van der Waals surface area (Å²) in [4.78, 5) is 18.1. The van der Waals surface area contributed by atoms with E-state index in [1.165, 1.54) is 4.57 Å². The van der Waals surface area contributed by atoms with E-state index in [9.17, 15) is 13.2 Å². The van der Waals surface area contributed by atoms with Gasteiger partial charge in [0.05, 0.1) is 24.2 Å². The van der Waals surface area contributed by atoms with Crippen LogP contribution in [-0.4, -0.2) is 82.6 Å². The molecule has 0 bridgehead atoms. The molecule has 2 aromatic heterocycles. The molecule has 4 heterocycles. The quantitative estimate of drug-likeness (QED) is 0.457. The van der Waals surface area contributed by atoms with Crippen LogP contribution in [0.5, 0.6) is 0 Å². The standard InChI is InChI=1S/C27H34F3N7O/c28-16-20-9-10-36(20)19-7-5-18(6-8-19)17-31-27-33-23(35-11-13-38-14-12-35)15-24(34-27)37-22-4-2-1-3-21(22)32-26(37)25(29)30/h1-4,15,18-20,25H,5-14,16-17H2,(H,31,33,34)/t18?,19?,20-/m0/s1. The lowest BCUT2D eigenvalue weighted by atomic mass is 9.83. The van der Waals surface area contributed by atoms with Crippen molar-refractivity contribution in [3.05, 3.63) is 36.2 Å². The summed E-state index contributed by atoms with van der Waals surface area (Å²) in [7, 11) is 0. The van der Waals surface area contributed by atoms with Crippen molar-refractivity contribution < 1.29 is 17.9 Å². The summed E-state index contributed by atoms with van der Waals surface area (Å²) in [5, 5.41) is 3.41. The number of rotatable bonds is 8. The molecule has 11 heteroatoms. The predicted molar refractivity (Wildman–Crippen MR) is 140 cm³/mol. The highest BCUT2D eigenvalue weighted by molar-refractivity contribution is 5.78. The van der Waals surface area contributed by atoms with Crippen LogP contribution in [-0.2, 0) is 4.74 Å². The number of para-hydroxylation sites is 2. The minimum Gasteiger partial charge on any atom is -0.378 e. The molecule has 3 aliphatic rings. The number of hydrogen-bond donors (Lipinski definition) is 1. The Balaban J connectivity index is 1.24. The second kappa shape index (κ2) is 11.1. The number of halogens is 3. The maximum atomic E-state index is 14.1. The number of ether oxygens (including phenoxy) is 1. The predicted octanol–water partition coefficient (Wildman–Crippen LogP) is 4.60. The van der Waals surface area contributed by atoms with Gasteiger partial charge in [-0.2, -0.15) is 9.97 Å². The van der Waals surface area contributed by atoms with E-state index in [2.05, 4.69) is 20.1 Å². The summed E-state index contributed by atoms with van der Waals surface area (Å²) in [6.45, 7) is 3.98. The van der Waals surface area contributed by atoms with Gasteiger partial charge in [0.2, 0.25) is 5.95 Å². The molecule has 204 valence electrons. The van der Waals surface area contributed by atoms with E-state index < -0.39 is 6.43 Å². The SMILES string of the molecule is FC[C@@H]1CCN1C1CCC(CNc2nc(N3CCOCC3)cc(-n3c(C(F)F)nc4ccccc43)n2)CC1. The van der Waals surface area contributed by atoms with Crippen LogP contribution in [0.25, 0.3) is 16.9 Å². The van der Waals surface area contributed by atoms with Crippen LogP contribution in [0.1, 0.15) is 44.4 Å². The summed E-state index contributed by atoms with van der Waals surface area (Å²) in [5.41, 5.74) is 1.08. The third-order valence-corrected chi connectivity index (χ3v) is 8.25. The highest BCUT2D eigenvalue weighted by Crippen LogP contribution is 2.33. The average Bonchev–Trinajstić information content (AvgIpc) is 3.33. The normalized spacial score (nSPS) is 24.6. The van der Waals surface area contributed by atoms with Crippen molar-refractivity contribution >= 4 is 22.8 Å². The molecule has 0 amide bonds. The molecular formula is C27H34F3N7O. The Labute approximate surface area is 220 Å². The zero-order valence-electron chi connectivity index (χ0n) is 21.4. The maximum absolute atomic E-state index is 14.1. The molecule has 1 saturated carbocycles. The van der Waals surface area contributed by atoms with E-state index in [1.54, 1.807) is 24.3 Å². The highest BCUT2D eigenvalue weighted by Gasteiger charge is 2.35. The minimum atomic E-state index is -2.75. The van der Waals surface area contributed by atoms with Gasteiger partial charge in [-0.1, -0.05) is 12.1 Å². The van der Waals surface area contributed by atoms with Crippen molar-refractivity contribution in [1.82, 2.24) is 24.4 Å². The number of aromatic nitrogens is 4. The first-order valence-electron chi connectivity index (χ1n) is 13.6. The number of imidazole rings is 1. The van der Waals surface area contributed by atoms with Crippen LogP contribution in [0, 0.1) is 5.92 Å². The molecule has 1 aliphatic carbocycles. The summed E-state index contributed by atoms with van der Waals surface area (Å²) in [5.74, 6) is 1.59. The Morgan fingerprint density at radius 1 is 0.947 bits per heavy atom. The summed E-state index contributed by atoms with van der Waals surface area (Å²) < 4.78 is 48.2. The smallest absolute Gasteiger partial charge is 0.296 e. The lowest BCUT2D eigenvalue weighted by Gasteiger charge is -2.47. The first-order chi connectivity index (χ1) is 18.6. The molecule has 1 atom stereocenters. The van der Waals surface area contributed by atoms with E-state index in [4.69, 9.17) is 14.7 Å². The molecule has 0 unspecified atom stereocenters. The van der Waals surface area contributed by atoms with Gasteiger partial charge in [0.25, 0.3) is 6.43 Å². The number of fused-ring (bicyclic) bond motifs is 1. The first kappa shape index (κ1) is 25.4. The van der Waals surface area contributed by atoms with Crippen LogP contribution < -0.4 is 10.2 Å². The van der Waals surface area contributed by atoms with Crippen molar-refractivity contribution in [3.8, 4) is 5.82 Å². The topological polar surface area (TPSA) is 71.3 Å². The number of alkyl halides is 3. The largest absolute Gasteiger partial charge is 0.378 e. The van der Waals surface area contributed by atoms with Gasteiger partial charge in [0.15, 0.2) is 5.82 Å². The van der Waals surface area contributed by atoms with Crippen molar-refractivity contribution in [2.24, 2.45) is 5.92 Å². The van der Waals surface area contributed by atoms with Crippen molar-refractivity contribution in [1.29, 1.82) is 0 Å². The van der Waals surface area contributed by atoms with Gasteiger partial charge in [-0.05, 0) is 50.2 Å². The number of nitrogens with one attached hydrogen (secondary N) is 1. The third kappa shape index (κ3) is 5.05. The van der Waals surface area contributed by atoms with Gasteiger partial charge in [-0.15, -0.1) is 0 Å². The molecule has 0 radical (unpaired) electrons. The minimum absolute atomic E-state index is 0.113. The second-order valence-electron chi connectivity index (χ2n) is 10.5. The number of likely N-dealkylation sites (tertiary alicyclic amines) is 1. The van der Waals surface area contributed by atoms with Gasteiger partial charge in [-0.25, -0.2) is 18.2 Å². The fourth-order valence-corrected chi connectivity index (χ4v) is 6.03. The summed E-state index contributed by atoms with van der Waals surface area (Å²) >= 11 is 0. The number of morpholine rings is 1. The van der Waals surface area contributed by atoms with Crippen molar-refractivity contribution in [2.75, 3.05) is 56.3 Å². The molecule has 1 N–H and O–H groups in total. The van der Waals surface area contributed by atoms with E-state index in [0.29, 0.717) is 73.4 Å². The zero-order chi connectivity index (χ0) is 26.1. The Bertz CT molecular complexity index is 1240. The number of hydrogen-bond acceptors (Lipinski definition) is 7. The monoisotopic (exact) mass is 529 g/mol. The molecule has 38 heavy (non-hydrogen) atoms. The van der Waals surface area contributed by atoms with Gasteiger partial charge in [0.1, 0.15) is 18.3 Å². The number of benzene rings is 1. The Morgan fingerprint density at radius 3 is 2.42 bits per heavy atom. The van der Waals surface area contributed by atoms with E-state index in [0.717, 1.165) is 38.6 Å². The zero-order valence-corrected chi connectivity index (χ0v) is 21.4. The lowest BCUT2D eigenvalue weighted by Crippen LogP contribution is -2.55. The van der Waals surface area contributed by atoms with E-state index in [1.807, 2.05) is 6.07 Å². The Kier molecular flexibility index (Phi) is 7.38. The van der Waals surface area contributed by atoms with Gasteiger partial charge in [-0.3, -0.25) is 9.47 Å². The molecule has 0 spiro atoms. The number of nitrogens with zero attached hydrogens (tertiary/aromatic N) is 6. The van der Waals surface area contributed by atoms with Crippen LogP contribution in [0.15, 0.2) is 30.3 Å². The van der Waals surface area contributed by atoms with Crippen LogP contribution >= 0.6 is 0 Å². The molecular weight excluding hydrogens is 495 g/mol. The van der Waals surface area contributed by atoms with Gasteiger partial charge in [0, 0.05) is 44.3 Å². The van der Waals surface area contributed by atoms with Crippen molar-refractivity contribution in [2.45, 2.75) is 50.6 Å². The molecule has 2 aliphatic heterocycles. The fourth-order valence-electron chi connectivity index (χ4n) is 6.03. The summed E-state index contributed by atoms with van der Waals surface area (Å²) in [6.07, 6.45) is 2.48. The fraction of sp³-hybridized carbons (Fsp3) is 0.593. The highest BCUT2D eigenvalue weighted by atomic mass is 19.3. The molecule has 3 fully saturated rings. The summed E-state index contributed by atoms with van der Waals surface area (Å²) in [6, 6.07) is 9.46. The van der Waals surface area contributed by atoms with Crippen LogP contribution in [0.4, 0.5) is 24.9 Å². The Morgan fingerprint density at radius 2 is 1.71 bits per heavy atom. The third-order valence-electron chi connectivity index (χ3n) is 8.25. The second-order valence-corrected chi connectivity index (χ2v) is 10.5.